The first kappa shape index (κ1) is 12.1. The molecule has 0 fully saturated rings. The summed E-state index contributed by atoms with van der Waals surface area (Å²) in [6, 6.07) is 9.24. The minimum absolute atomic E-state index is 0.410. The van der Waals surface area contributed by atoms with Gasteiger partial charge in [-0.3, -0.25) is 4.79 Å². The highest BCUT2D eigenvalue weighted by atomic mass is 79.9. The number of nitrogens with one attached hydrogen (secondary N) is 1. The Morgan fingerprint density at radius 2 is 2.24 bits per heavy atom. The van der Waals surface area contributed by atoms with Gasteiger partial charge in [-0.05, 0) is 51.1 Å². The summed E-state index contributed by atoms with van der Waals surface area (Å²) in [6.07, 6.45) is 0. The van der Waals surface area contributed by atoms with Crippen LogP contribution in [-0.2, 0) is 6.54 Å². The van der Waals surface area contributed by atoms with Crippen LogP contribution in [0.5, 0.6) is 0 Å². The van der Waals surface area contributed by atoms with Gasteiger partial charge < -0.3 is 11.1 Å². The van der Waals surface area contributed by atoms with Crippen molar-refractivity contribution in [3.8, 4) is 0 Å². The molecule has 1 aromatic carbocycles. The second kappa shape index (κ2) is 5.33. The van der Waals surface area contributed by atoms with Gasteiger partial charge in [0.1, 0.15) is 0 Å². The number of nitrogens with two attached hydrogens (primary N) is 1. The summed E-state index contributed by atoms with van der Waals surface area (Å²) in [5.74, 6) is -0.410. The molecule has 0 saturated carbocycles. The Kier molecular flexibility index (Phi) is 3.81. The first-order chi connectivity index (χ1) is 8.15. The van der Waals surface area contributed by atoms with Crippen LogP contribution in [0.4, 0.5) is 5.69 Å². The summed E-state index contributed by atoms with van der Waals surface area (Å²) in [4.78, 5) is 11.0. The molecule has 5 heteroatoms. The van der Waals surface area contributed by atoms with Crippen molar-refractivity contribution in [1.29, 1.82) is 0 Å². The van der Waals surface area contributed by atoms with Crippen molar-refractivity contribution in [3.63, 3.8) is 0 Å². The van der Waals surface area contributed by atoms with Crippen LogP contribution >= 0.6 is 27.3 Å². The van der Waals surface area contributed by atoms with Crippen LogP contribution in [0, 0.1) is 0 Å². The van der Waals surface area contributed by atoms with Crippen molar-refractivity contribution in [3.05, 3.63) is 50.6 Å². The number of hydrogen-bond acceptors (Lipinski definition) is 3. The number of halogens is 1. The fourth-order valence-corrected chi connectivity index (χ4v) is 2.63. The number of benzene rings is 1. The molecule has 88 valence electrons. The van der Waals surface area contributed by atoms with E-state index in [0.717, 1.165) is 16.0 Å². The summed E-state index contributed by atoms with van der Waals surface area (Å²) in [7, 11) is 0. The molecule has 0 aliphatic carbocycles. The summed E-state index contributed by atoms with van der Waals surface area (Å²) in [5.41, 5.74) is 7.83. The van der Waals surface area contributed by atoms with Crippen LogP contribution in [0.3, 0.4) is 0 Å². The molecule has 0 aliphatic heterocycles. The first-order valence-electron chi connectivity index (χ1n) is 5.02. The normalized spacial score (nSPS) is 10.2. The average molecular weight is 311 g/mol. The molecule has 1 amide bonds. The lowest BCUT2D eigenvalue weighted by Crippen LogP contribution is -2.11. The first-order valence-corrected chi connectivity index (χ1v) is 6.69. The van der Waals surface area contributed by atoms with Gasteiger partial charge in [0, 0.05) is 17.8 Å². The lowest BCUT2D eigenvalue weighted by molar-refractivity contribution is 0.100. The topological polar surface area (TPSA) is 55.1 Å². The molecule has 0 spiro atoms. The number of amides is 1. The predicted molar refractivity (Wildman–Crippen MR) is 74.3 cm³/mol. The van der Waals surface area contributed by atoms with E-state index in [2.05, 4.69) is 32.7 Å². The zero-order chi connectivity index (χ0) is 12.3. The van der Waals surface area contributed by atoms with Crippen molar-refractivity contribution in [1.82, 2.24) is 0 Å². The van der Waals surface area contributed by atoms with E-state index in [1.807, 2.05) is 12.1 Å². The SMILES string of the molecule is NC(=O)c1cccc(NCc2csc(Br)c2)c1. The van der Waals surface area contributed by atoms with Gasteiger partial charge in [-0.15, -0.1) is 11.3 Å². The number of rotatable bonds is 4. The van der Waals surface area contributed by atoms with Crippen LogP contribution in [-0.4, -0.2) is 5.91 Å². The van der Waals surface area contributed by atoms with E-state index in [9.17, 15) is 4.79 Å². The molecule has 2 rings (SSSR count). The molecule has 17 heavy (non-hydrogen) atoms. The molecule has 0 radical (unpaired) electrons. The third kappa shape index (κ3) is 3.31. The minimum Gasteiger partial charge on any atom is -0.381 e. The minimum atomic E-state index is -0.410. The zero-order valence-electron chi connectivity index (χ0n) is 8.94. The van der Waals surface area contributed by atoms with E-state index in [-0.39, 0.29) is 0 Å². The monoisotopic (exact) mass is 310 g/mol. The highest BCUT2D eigenvalue weighted by Gasteiger charge is 2.01. The highest BCUT2D eigenvalue weighted by Crippen LogP contribution is 2.21. The fraction of sp³-hybridized carbons (Fsp3) is 0.0833. The quantitative estimate of drug-likeness (QED) is 0.911. The molecule has 0 unspecified atom stereocenters. The number of thiophene rings is 1. The Labute approximate surface area is 112 Å². The van der Waals surface area contributed by atoms with Gasteiger partial charge in [0.15, 0.2) is 0 Å². The van der Waals surface area contributed by atoms with Crippen LogP contribution in [0.15, 0.2) is 39.5 Å². The Hall–Kier alpha value is -1.33. The van der Waals surface area contributed by atoms with Crippen LogP contribution in [0.1, 0.15) is 15.9 Å². The third-order valence-corrected chi connectivity index (χ3v) is 3.82. The maximum absolute atomic E-state index is 11.0. The van der Waals surface area contributed by atoms with Gasteiger partial charge in [-0.1, -0.05) is 6.07 Å². The van der Waals surface area contributed by atoms with E-state index in [0.29, 0.717) is 5.56 Å². The van der Waals surface area contributed by atoms with Crippen LogP contribution < -0.4 is 11.1 Å². The summed E-state index contributed by atoms with van der Waals surface area (Å²) < 4.78 is 1.11. The zero-order valence-corrected chi connectivity index (χ0v) is 11.3. The van der Waals surface area contributed by atoms with Gasteiger partial charge in [0.25, 0.3) is 0 Å². The molecular weight excluding hydrogens is 300 g/mol. The van der Waals surface area contributed by atoms with Crippen molar-refractivity contribution in [2.24, 2.45) is 5.73 Å². The van der Waals surface area contributed by atoms with E-state index in [4.69, 9.17) is 5.73 Å². The lowest BCUT2D eigenvalue weighted by atomic mass is 10.2. The smallest absolute Gasteiger partial charge is 0.248 e. The predicted octanol–water partition coefficient (Wildman–Crippen LogP) is 3.22. The molecule has 3 N–H and O–H groups in total. The van der Waals surface area contributed by atoms with E-state index >= 15 is 0 Å². The standard InChI is InChI=1S/C12H11BrN2OS/c13-11-4-8(7-17-11)6-15-10-3-1-2-9(5-10)12(14)16/h1-5,7,15H,6H2,(H2,14,16). The summed E-state index contributed by atoms with van der Waals surface area (Å²) in [6.45, 7) is 0.727. The van der Waals surface area contributed by atoms with Crippen LogP contribution in [0.25, 0.3) is 0 Å². The Balaban J connectivity index is 2.04. The van der Waals surface area contributed by atoms with Crippen molar-refractivity contribution < 1.29 is 4.79 Å². The molecular formula is C12H11BrN2OS. The molecule has 0 atom stereocenters. The maximum atomic E-state index is 11.0. The summed E-state index contributed by atoms with van der Waals surface area (Å²) in [5, 5.41) is 5.33. The molecule has 1 aromatic heterocycles. The number of anilines is 1. The second-order valence-electron chi connectivity index (χ2n) is 3.56. The van der Waals surface area contributed by atoms with Crippen molar-refractivity contribution in [2.75, 3.05) is 5.32 Å². The maximum Gasteiger partial charge on any atom is 0.248 e. The van der Waals surface area contributed by atoms with Gasteiger partial charge in [0.05, 0.1) is 3.79 Å². The van der Waals surface area contributed by atoms with E-state index in [1.165, 1.54) is 5.56 Å². The number of carbonyl (C=O) groups is 1. The fourth-order valence-electron chi connectivity index (χ4n) is 1.43. The number of primary amides is 1. The second-order valence-corrected chi connectivity index (χ2v) is 5.85. The molecule has 0 bridgehead atoms. The number of hydrogen-bond donors (Lipinski definition) is 2. The highest BCUT2D eigenvalue weighted by molar-refractivity contribution is 9.11. The molecule has 0 saturated heterocycles. The summed E-state index contributed by atoms with van der Waals surface area (Å²) >= 11 is 5.07. The van der Waals surface area contributed by atoms with Gasteiger partial charge in [-0.25, -0.2) is 0 Å². The lowest BCUT2D eigenvalue weighted by Gasteiger charge is -2.05. The van der Waals surface area contributed by atoms with Crippen molar-refractivity contribution >= 4 is 38.9 Å². The van der Waals surface area contributed by atoms with E-state index < -0.39 is 5.91 Å². The van der Waals surface area contributed by atoms with Gasteiger partial charge in [-0.2, -0.15) is 0 Å². The van der Waals surface area contributed by atoms with Gasteiger partial charge in [0.2, 0.25) is 5.91 Å². The number of carbonyl (C=O) groups excluding carboxylic acids is 1. The Morgan fingerprint density at radius 1 is 1.41 bits per heavy atom. The van der Waals surface area contributed by atoms with Crippen LogP contribution in [0.2, 0.25) is 0 Å². The molecule has 0 aliphatic rings. The molecule has 1 heterocycles. The van der Waals surface area contributed by atoms with Crippen molar-refractivity contribution in [2.45, 2.75) is 6.54 Å². The Bertz CT molecular complexity index is 539. The molecule has 3 nitrogen and oxygen atoms in total. The average Bonchev–Trinajstić information content (AvgIpc) is 2.73. The largest absolute Gasteiger partial charge is 0.381 e. The molecule has 2 aromatic rings. The third-order valence-electron chi connectivity index (χ3n) is 2.27. The Morgan fingerprint density at radius 3 is 2.88 bits per heavy atom. The van der Waals surface area contributed by atoms with E-state index in [1.54, 1.807) is 23.5 Å². The van der Waals surface area contributed by atoms with Gasteiger partial charge >= 0.3 is 0 Å².